The molecule has 3 aromatic rings. The van der Waals surface area contributed by atoms with Gasteiger partial charge in [-0.15, -0.1) is 0 Å². The van der Waals surface area contributed by atoms with Crippen molar-refractivity contribution >= 4 is 22.5 Å². The van der Waals surface area contributed by atoms with Crippen molar-refractivity contribution in [3.63, 3.8) is 0 Å². The molecule has 6 nitrogen and oxygen atoms in total. The summed E-state index contributed by atoms with van der Waals surface area (Å²) in [4.78, 5) is 28.1. The van der Waals surface area contributed by atoms with Gasteiger partial charge < -0.3 is 15.2 Å². The number of nitrogens with zero attached hydrogens (tertiary/aromatic N) is 2. The topological polar surface area (TPSA) is 76.0 Å². The Morgan fingerprint density at radius 1 is 1.16 bits per heavy atom. The Balaban J connectivity index is 1.56. The summed E-state index contributed by atoms with van der Waals surface area (Å²) in [6, 6.07) is 10.7. The number of amides is 1. The van der Waals surface area contributed by atoms with Crippen LogP contribution in [0.3, 0.4) is 0 Å². The number of carbonyl (C=O) groups excluding carboxylic acids is 1. The lowest BCUT2D eigenvalue weighted by Gasteiger charge is -2.12. The van der Waals surface area contributed by atoms with E-state index in [1.807, 2.05) is 31.2 Å². The van der Waals surface area contributed by atoms with E-state index in [2.05, 4.69) is 15.6 Å². The average molecular weight is 336 g/mol. The van der Waals surface area contributed by atoms with Crippen LogP contribution in [0.15, 0.2) is 59.8 Å². The second-order valence-corrected chi connectivity index (χ2v) is 5.79. The highest BCUT2D eigenvalue weighted by Crippen LogP contribution is 2.11. The first-order valence-electron chi connectivity index (χ1n) is 8.14. The van der Waals surface area contributed by atoms with Crippen LogP contribution in [0.25, 0.3) is 10.9 Å². The maximum absolute atomic E-state index is 12.2. The summed E-state index contributed by atoms with van der Waals surface area (Å²) in [6.45, 7) is 3.30. The van der Waals surface area contributed by atoms with Crippen molar-refractivity contribution in [1.29, 1.82) is 0 Å². The molecule has 0 atom stereocenters. The highest BCUT2D eigenvalue weighted by atomic mass is 16.2. The molecule has 25 heavy (non-hydrogen) atoms. The molecule has 0 unspecified atom stereocenters. The fourth-order valence-corrected chi connectivity index (χ4v) is 2.68. The molecule has 1 amide bonds. The van der Waals surface area contributed by atoms with Gasteiger partial charge in [-0.05, 0) is 30.7 Å². The number of hydrogen-bond donors (Lipinski definition) is 2. The van der Waals surface area contributed by atoms with E-state index in [9.17, 15) is 9.59 Å². The van der Waals surface area contributed by atoms with Crippen LogP contribution in [0, 0.1) is 6.92 Å². The lowest BCUT2D eigenvalue weighted by atomic mass is 10.2. The van der Waals surface area contributed by atoms with Crippen LogP contribution in [0.5, 0.6) is 0 Å². The number of nitrogens with one attached hydrogen (secondary N) is 2. The summed E-state index contributed by atoms with van der Waals surface area (Å²) in [5, 5.41) is 6.77. The maximum Gasteiger partial charge on any atom is 0.240 e. The quantitative estimate of drug-likeness (QED) is 0.675. The largest absolute Gasteiger partial charge is 0.383 e. The van der Waals surface area contributed by atoms with Crippen LogP contribution in [-0.2, 0) is 11.3 Å². The smallest absolute Gasteiger partial charge is 0.240 e. The first-order valence-corrected chi connectivity index (χ1v) is 8.14. The third-order valence-corrected chi connectivity index (χ3v) is 3.98. The fourth-order valence-electron chi connectivity index (χ4n) is 2.68. The predicted molar refractivity (Wildman–Crippen MR) is 98.7 cm³/mol. The Bertz CT molecular complexity index is 949. The van der Waals surface area contributed by atoms with E-state index in [1.165, 1.54) is 6.07 Å². The molecule has 0 radical (unpaired) electrons. The number of benzene rings is 1. The van der Waals surface area contributed by atoms with Gasteiger partial charge in [-0.3, -0.25) is 14.6 Å². The molecular formula is C19H20N4O2. The summed E-state index contributed by atoms with van der Waals surface area (Å²) in [5.41, 5.74) is 2.80. The van der Waals surface area contributed by atoms with Crippen molar-refractivity contribution in [3.8, 4) is 0 Å². The van der Waals surface area contributed by atoms with Crippen molar-refractivity contribution in [2.75, 3.05) is 18.4 Å². The minimum atomic E-state index is -0.0953. The van der Waals surface area contributed by atoms with E-state index in [0.717, 1.165) is 16.8 Å². The first-order chi connectivity index (χ1) is 12.1. The normalized spacial score (nSPS) is 10.6. The van der Waals surface area contributed by atoms with E-state index in [1.54, 1.807) is 29.2 Å². The molecule has 3 rings (SSSR count). The molecule has 2 aromatic heterocycles. The zero-order chi connectivity index (χ0) is 17.6. The van der Waals surface area contributed by atoms with Crippen molar-refractivity contribution in [1.82, 2.24) is 14.9 Å². The summed E-state index contributed by atoms with van der Waals surface area (Å²) in [7, 11) is 0. The van der Waals surface area contributed by atoms with Gasteiger partial charge in [0, 0.05) is 48.8 Å². The minimum absolute atomic E-state index is 0.0378. The van der Waals surface area contributed by atoms with Gasteiger partial charge in [0.25, 0.3) is 0 Å². The van der Waals surface area contributed by atoms with Crippen LogP contribution in [-0.4, -0.2) is 28.5 Å². The van der Waals surface area contributed by atoms with E-state index in [0.29, 0.717) is 18.5 Å². The Morgan fingerprint density at radius 2 is 2.00 bits per heavy atom. The van der Waals surface area contributed by atoms with Crippen molar-refractivity contribution < 1.29 is 4.79 Å². The van der Waals surface area contributed by atoms with Gasteiger partial charge in [-0.2, -0.15) is 0 Å². The number of rotatable bonds is 6. The summed E-state index contributed by atoms with van der Waals surface area (Å²) in [6.07, 6.45) is 5.18. The molecule has 0 spiro atoms. The molecule has 0 bridgehead atoms. The first kappa shape index (κ1) is 16.7. The molecule has 2 heterocycles. The summed E-state index contributed by atoms with van der Waals surface area (Å²) >= 11 is 0. The number of para-hydroxylation sites is 1. The number of hydrogen-bond acceptors (Lipinski definition) is 4. The number of carbonyl (C=O) groups is 1. The minimum Gasteiger partial charge on any atom is -0.383 e. The van der Waals surface area contributed by atoms with Crippen molar-refractivity contribution in [2.24, 2.45) is 0 Å². The van der Waals surface area contributed by atoms with Crippen LogP contribution < -0.4 is 16.1 Å². The molecule has 1 aromatic carbocycles. The van der Waals surface area contributed by atoms with E-state index >= 15 is 0 Å². The van der Waals surface area contributed by atoms with Crippen LogP contribution in [0.4, 0.5) is 5.69 Å². The molecule has 0 aliphatic carbocycles. The molecule has 0 aliphatic heterocycles. The van der Waals surface area contributed by atoms with Gasteiger partial charge in [0.05, 0.1) is 5.52 Å². The van der Waals surface area contributed by atoms with E-state index in [-0.39, 0.29) is 17.9 Å². The number of fused-ring (bicyclic) bond motifs is 1. The lowest BCUT2D eigenvalue weighted by Crippen LogP contribution is -2.32. The van der Waals surface area contributed by atoms with Gasteiger partial charge in [-0.1, -0.05) is 12.1 Å². The lowest BCUT2D eigenvalue weighted by molar-refractivity contribution is -0.121. The molecular weight excluding hydrogens is 316 g/mol. The molecule has 0 saturated carbocycles. The monoisotopic (exact) mass is 336 g/mol. The number of aryl methyl sites for hydroxylation is 1. The van der Waals surface area contributed by atoms with Crippen molar-refractivity contribution in [3.05, 3.63) is 70.8 Å². The molecule has 0 fully saturated rings. The van der Waals surface area contributed by atoms with Gasteiger partial charge in [-0.25, -0.2) is 0 Å². The maximum atomic E-state index is 12.2. The number of pyridine rings is 2. The summed E-state index contributed by atoms with van der Waals surface area (Å²) < 4.78 is 1.78. The number of aromatic nitrogens is 2. The highest BCUT2D eigenvalue weighted by Gasteiger charge is 2.06. The molecule has 6 heteroatoms. The standard InChI is InChI=1S/C19H20N4O2/c1-14-12-20-8-6-16(14)21-9-10-22-19(25)13-23-11-7-18(24)15-4-2-3-5-17(15)23/h2-8,11-12H,9-10,13H2,1H3,(H,20,21)(H,22,25). The van der Waals surface area contributed by atoms with Crippen LogP contribution in [0.1, 0.15) is 5.56 Å². The van der Waals surface area contributed by atoms with E-state index in [4.69, 9.17) is 0 Å². The van der Waals surface area contributed by atoms with Gasteiger partial charge in [0.1, 0.15) is 6.54 Å². The Labute approximate surface area is 145 Å². The third-order valence-electron chi connectivity index (χ3n) is 3.98. The summed E-state index contributed by atoms with van der Waals surface area (Å²) in [5.74, 6) is -0.0953. The zero-order valence-electron chi connectivity index (χ0n) is 14.0. The Hall–Kier alpha value is -3.15. The second kappa shape index (κ2) is 7.61. The Morgan fingerprint density at radius 3 is 2.84 bits per heavy atom. The molecule has 0 aliphatic rings. The SMILES string of the molecule is Cc1cnccc1NCCNC(=O)Cn1ccc(=O)c2ccccc21. The average Bonchev–Trinajstić information content (AvgIpc) is 2.63. The van der Waals surface area contributed by atoms with Gasteiger partial charge >= 0.3 is 0 Å². The zero-order valence-corrected chi connectivity index (χ0v) is 14.0. The second-order valence-electron chi connectivity index (χ2n) is 5.79. The number of anilines is 1. The highest BCUT2D eigenvalue weighted by molar-refractivity contribution is 5.82. The van der Waals surface area contributed by atoms with Gasteiger partial charge in [0.2, 0.25) is 5.91 Å². The fraction of sp³-hybridized carbons (Fsp3) is 0.211. The van der Waals surface area contributed by atoms with Gasteiger partial charge in [0.15, 0.2) is 5.43 Å². The molecule has 128 valence electrons. The van der Waals surface area contributed by atoms with Crippen LogP contribution >= 0.6 is 0 Å². The molecule has 0 saturated heterocycles. The molecule has 2 N–H and O–H groups in total. The predicted octanol–water partition coefficient (Wildman–Crippen LogP) is 1.93. The van der Waals surface area contributed by atoms with Crippen molar-refractivity contribution in [2.45, 2.75) is 13.5 Å². The van der Waals surface area contributed by atoms with Crippen LogP contribution in [0.2, 0.25) is 0 Å². The Kier molecular flexibility index (Phi) is 5.09. The third kappa shape index (κ3) is 4.03. The van der Waals surface area contributed by atoms with E-state index < -0.39 is 0 Å².